The SMILES string of the molecule is CC.COc1ccc(NC(=O)c2ccc(NC(=NCc3cccnc3)SC)cc2)cc1. The number of nitrogens with one attached hydrogen (secondary N) is 2. The van der Waals surface area contributed by atoms with Crippen LogP contribution in [-0.4, -0.2) is 29.4 Å². The number of methoxy groups -OCH3 is 1. The molecule has 6 nitrogen and oxygen atoms in total. The van der Waals surface area contributed by atoms with E-state index in [2.05, 4.69) is 20.6 Å². The first kappa shape index (κ1) is 24.0. The van der Waals surface area contributed by atoms with E-state index < -0.39 is 0 Å². The van der Waals surface area contributed by atoms with E-state index in [-0.39, 0.29) is 5.91 Å². The van der Waals surface area contributed by atoms with Crippen LogP contribution in [0.1, 0.15) is 29.8 Å². The average Bonchev–Trinajstić information content (AvgIpc) is 2.84. The van der Waals surface area contributed by atoms with Gasteiger partial charge in [-0.25, -0.2) is 0 Å². The number of rotatable bonds is 6. The van der Waals surface area contributed by atoms with Crippen molar-refractivity contribution in [3.05, 3.63) is 84.2 Å². The fourth-order valence-corrected chi connectivity index (χ4v) is 2.93. The van der Waals surface area contributed by atoms with Gasteiger partial charge in [-0.3, -0.25) is 14.8 Å². The Morgan fingerprint density at radius 1 is 1.00 bits per heavy atom. The Hall–Kier alpha value is -3.32. The molecule has 0 aliphatic carbocycles. The van der Waals surface area contributed by atoms with E-state index in [0.29, 0.717) is 17.8 Å². The number of thioether (sulfide) groups is 1. The Morgan fingerprint density at radius 3 is 2.23 bits per heavy atom. The lowest BCUT2D eigenvalue weighted by Gasteiger charge is -2.09. The number of aliphatic imine (C=N–C) groups is 1. The van der Waals surface area contributed by atoms with Gasteiger partial charge in [-0.05, 0) is 66.4 Å². The van der Waals surface area contributed by atoms with Crippen molar-refractivity contribution in [1.29, 1.82) is 0 Å². The molecular weight excluding hydrogens is 408 g/mol. The van der Waals surface area contributed by atoms with Crippen molar-refractivity contribution in [1.82, 2.24) is 4.98 Å². The lowest BCUT2D eigenvalue weighted by atomic mass is 10.2. The van der Waals surface area contributed by atoms with Crippen molar-refractivity contribution < 1.29 is 9.53 Å². The smallest absolute Gasteiger partial charge is 0.255 e. The minimum absolute atomic E-state index is 0.169. The second-order valence-corrected chi connectivity index (χ2v) is 6.87. The maximum absolute atomic E-state index is 12.4. The van der Waals surface area contributed by atoms with Gasteiger partial charge >= 0.3 is 0 Å². The summed E-state index contributed by atoms with van der Waals surface area (Å²) in [5.41, 5.74) is 3.20. The van der Waals surface area contributed by atoms with Gasteiger partial charge in [0.25, 0.3) is 5.91 Å². The normalized spacial score (nSPS) is 10.5. The molecule has 1 heterocycles. The van der Waals surface area contributed by atoms with Crippen LogP contribution in [0.3, 0.4) is 0 Å². The van der Waals surface area contributed by atoms with E-state index in [1.165, 1.54) is 11.8 Å². The number of benzene rings is 2. The lowest BCUT2D eigenvalue weighted by molar-refractivity contribution is 0.102. The highest BCUT2D eigenvalue weighted by molar-refractivity contribution is 8.13. The molecule has 0 saturated carbocycles. The standard InChI is InChI=1S/C22H22N4O2S.C2H6/c1-28-20-11-9-18(10-12-20)25-21(27)17-5-7-19(8-6-17)26-22(29-2)24-15-16-4-3-13-23-14-16;1-2/h3-14H,15H2,1-2H3,(H,24,26)(H,25,27);1-2H3. The average molecular weight is 437 g/mol. The Bertz CT molecular complexity index is 959. The number of carbonyl (C=O) groups excluding carboxylic acids is 1. The van der Waals surface area contributed by atoms with E-state index in [9.17, 15) is 4.79 Å². The largest absolute Gasteiger partial charge is 0.497 e. The number of amidine groups is 1. The van der Waals surface area contributed by atoms with Gasteiger partial charge in [-0.15, -0.1) is 0 Å². The molecule has 0 radical (unpaired) electrons. The maximum Gasteiger partial charge on any atom is 0.255 e. The number of anilines is 2. The van der Waals surface area contributed by atoms with Gasteiger partial charge < -0.3 is 15.4 Å². The monoisotopic (exact) mass is 436 g/mol. The molecule has 3 aromatic rings. The molecule has 7 heteroatoms. The van der Waals surface area contributed by atoms with E-state index in [1.807, 2.05) is 44.4 Å². The van der Waals surface area contributed by atoms with Crippen LogP contribution < -0.4 is 15.4 Å². The molecule has 0 bridgehead atoms. The van der Waals surface area contributed by atoms with Gasteiger partial charge in [0.15, 0.2) is 5.17 Å². The first-order valence-electron chi connectivity index (χ1n) is 9.98. The van der Waals surface area contributed by atoms with Crippen molar-refractivity contribution in [3.8, 4) is 5.75 Å². The molecule has 31 heavy (non-hydrogen) atoms. The topological polar surface area (TPSA) is 75.6 Å². The predicted molar refractivity (Wildman–Crippen MR) is 131 cm³/mol. The molecule has 0 aliphatic heterocycles. The summed E-state index contributed by atoms with van der Waals surface area (Å²) in [6.07, 6.45) is 5.51. The number of hydrogen-bond acceptors (Lipinski definition) is 5. The summed E-state index contributed by atoms with van der Waals surface area (Å²) in [5, 5.41) is 6.94. The molecule has 1 amide bonds. The number of pyridine rings is 1. The summed E-state index contributed by atoms with van der Waals surface area (Å²) in [4.78, 5) is 21.1. The molecule has 0 spiro atoms. The Kier molecular flexibility index (Phi) is 10.1. The van der Waals surface area contributed by atoms with Crippen molar-refractivity contribution in [2.45, 2.75) is 20.4 Å². The number of nitrogens with zero attached hydrogens (tertiary/aromatic N) is 2. The van der Waals surface area contributed by atoms with Crippen LogP contribution in [0.2, 0.25) is 0 Å². The van der Waals surface area contributed by atoms with Crippen LogP contribution in [0.4, 0.5) is 11.4 Å². The van der Waals surface area contributed by atoms with Gasteiger partial charge in [0.05, 0.1) is 13.7 Å². The van der Waals surface area contributed by atoms with Crippen LogP contribution >= 0.6 is 11.8 Å². The minimum Gasteiger partial charge on any atom is -0.497 e. The zero-order valence-corrected chi connectivity index (χ0v) is 19.1. The van der Waals surface area contributed by atoms with E-state index in [4.69, 9.17) is 4.74 Å². The molecule has 0 atom stereocenters. The molecule has 162 valence electrons. The zero-order chi connectivity index (χ0) is 22.5. The van der Waals surface area contributed by atoms with Crippen molar-refractivity contribution >= 4 is 34.2 Å². The predicted octanol–water partition coefficient (Wildman–Crippen LogP) is 5.70. The van der Waals surface area contributed by atoms with Gasteiger partial charge in [0.1, 0.15) is 5.75 Å². The Labute approximate surface area is 188 Å². The van der Waals surface area contributed by atoms with Crippen LogP contribution in [-0.2, 0) is 6.54 Å². The summed E-state index contributed by atoms with van der Waals surface area (Å²) in [5.74, 6) is 0.574. The number of carbonyl (C=O) groups is 1. The number of aromatic nitrogens is 1. The third-order valence-electron chi connectivity index (χ3n) is 4.07. The highest BCUT2D eigenvalue weighted by Crippen LogP contribution is 2.17. The number of ether oxygens (including phenoxy) is 1. The van der Waals surface area contributed by atoms with E-state index >= 15 is 0 Å². The summed E-state index contributed by atoms with van der Waals surface area (Å²) in [6, 6.07) is 18.4. The van der Waals surface area contributed by atoms with Crippen molar-refractivity contribution in [3.63, 3.8) is 0 Å². The van der Waals surface area contributed by atoms with Gasteiger partial charge in [-0.1, -0.05) is 31.7 Å². The van der Waals surface area contributed by atoms with Gasteiger partial charge in [-0.2, -0.15) is 0 Å². The van der Waals surface area contributed by atoms with Crippen molar-refractivity contribution in [2.75, 3.05) is 24.0 Å². The molecule has 2 N–H and O–H groups in total. The zero-order valence-electron chi connectivity index (χ0n) is 18.3. The second-order valence-electron chi connectivity index (χ2n) is 6.07. The first-order chi connectivity index (χ1) is 15.2. The van der Waals surface area contributed by atoms with Crippen LogP contribution in [0.15, 0.2) is 78.0 Å². The highest BCUT2D eigenvalue weighted by Gasteiger charge is 2.07. The summed E-state index contributed by atoms with van der Waals surface area (Å²) in [6.45, 7) is 4.55. The third kappa shape index (κ3) is 7.79. The first-order valence-corrected chi connectivity index (χ1v) is 11.2. The van der Waals surface area contributed by atoms with Crippen molar-refractivity contribution in [2.24, 2.45) is 4.99 Å². The minimum atomic E-state index is -0.169. The maximum atomic E-state index is 12.4. The molecule has 3 rings (SSSR count). The molecular formula is C24H28N4O2S. The fourth-order valence-electron chi connectivity index (χ4n) is 2.52. The fraction of sp³-hybridized carbons (Fsp3) is 0.208. The number of hydrogen-bond donors (Lipinski definition) is 2. The molecule has 2 aromatic carbocycles. The quantitative estimate of drug-likeness (QED) is 0.383. The Balaban J connectivity index is 0.00000166. The third-order valence-corrected chi connectivity index (χ3v) is 4.69. The number of amides is 1. The summed E-state index contributed by atoms with van der Waals surface area (Å²) in [7, 11) is 1.61. The van der Waals surface area contributed by atoms with E-state index in [0.717, 1.165) is 22.2 Å². The summed E-state index contributed by atoms with van der Waals surface area (Å²) >= 11 is 1.53. The molecule has 0 fully saturated rings. The van der Waals surface area contributed by atoms with Gasteiger partial charge in [0, 0.05) is 29.3 Å². The van der Waals surface area contributed by atoms with Crippen LogP contribution in [0.25, 0.3) is 0 Å². The van der Waals surface area contributed by atoms with Crippen LogP contribution in [0.5, 0.6) is 5.75 Å². The molecule has 0 saturated heterocycles. The highest BCUT2D eigenvalue weighted by atomic mass is 32.2. The lowest BCUT2D eigenvalue weighted by Crippen LogP contribution is -2.12. The second kappa shape index (κ2) is 13.1. The molecule has 0 unspecified atom stereocenters. The summed E-state index contributed by atoms with van der Waals surface area (Å²) < 4.78 is 5.12. The van der Waals surface area contributed by atoms with E-state index in [1.54, 1.807) is 55.9 Å². The molecule has 0 aliphatic rings. The molecule has 1 aromatic heterocycles. The van der Waals surface area contributed by atoms with Crippen LogP contribution in [0, 0.1) is 0 Å². The Morgan fingerprint density at radius 2 is 1.65 bits per heavy atom. The van der Waals surface area contributed by atoms with Gasteiger partial charge in [0.2, 0.25) is 0 Å².